The smallest absolute Gasteiger partial charge is 0.416 e. The van der Waals surface area contributed by atoms with Gasteiger partial charge < -0.3 is 9.47 Å². The van der Waals surface area contributed by atoms with Gasteiger partial charge in [0.15, 0.2) is 17.3 Å². The highest BCUT2D eigenvalue weighted by molar-refractivity contribution is 6.08. The summed E-state index contributed by atoms with van der Waals surface area (Å²) in [6, 6.07) is 9.95. The zero-order valence-electron chi connectivity index (χ0n) is 19.5. The standard InChI is InChI=1S/C26H26F3NO4/c1-25(2)13-19-23(20(31)14-25)18(17-9-6-10-21(33-3)24(17)34-4)12-22(32)30(19)16-8-5-7-15(11-16)26(27,28)29/h5-11,18H,12-14H2,1-4H3. The van der Waals surface area contributed by atoms with E-state index in [4.69, 9.17) is 9.47 Å². The summed E-state index contributed by atoms with van der Waals surface area (Å²) in [6.07, 6.45) is -3.98. The third kappa shape index (κ3) is 4.17. The zero-order chi connectivity index (χ0) is 24.8. The van der Waals surface area contributed by atoms with Gasteiger partial charge in [0.05, 0.1) is 19.8 Å². The van der Waals surface area contributed by atoms with Crippen LogP contribution in [0.15, 0.2) is 53.7 Å². The Labute approximate surface area is 196 Å². The van der Waals surface area contributed by atoms with Crippen LogP contribution in [-0.4, -0.2) is 25.9 Å². The molecule has 0 saturated heterocycles. The van der Waals surface area contributed by atoms with Gasteiger partial charge in [-0.05, 0) is 36.1 Å². The number of halogens is 3. The van der Waals surface area contributed by atoms with Crippen molar-refractivity contribution < 1.29 is 32.2 Å². The molecule has 1 aliphatic heterocycles. The summed E-state index contributed by atoms with van der Waals surface area (Å²) < 4.78 is 51.1. The lowest BCUT2D eigenvalue weighted by Gasteiger charge is -2.43. The molecule has 0 N–H and O–H groups in total. The number of allylic oxidation sites excluding steroid dienone is 2. The van der Waals surface area contributed by atoms with E-state index in [9.17, 15) is 22.8 Å². The first kappa shape index (κ1) is 23.9. The van der Waals surface area contributed by atoms with Gasteiger partial charge in [-0.15, -0.1) is 0 Å². The van der Waals surface area contributed by atoms with Gasteiger partial charge in [0, 0.05) is 41.3 Å². The van der Waals surface area contributed by atoms with Crippen molar-refractivity contribution in [1.82, 2.24) is 0 Å². The van der Waals surface area contributed by atoms with Crippen LogP contribution < -0.4 is 14.4 Å². The Morgan fingerprint density at radius 2 is 1.71 bits per heavy atom. The number of Topliss-reactive ketones (excluding diaryl/α,β-unsaturated/α-hetero) is 1. The van der Waals surface area contributed by atoms with Crippen LogP contribution in [0, 0.1) is 5.41 Å². The number of para-hydroxylation sites is 1. The lowest BCUT2D eigenvalue weighted by atomic mass is 9.69. The fourth-order valence-corrected chi connectivity index (χ4v) is 4.99. The molecule has 0 aromatic heterocycles. The maximum atomic E-state index is 13.5. The highest BCUT2D eigenvalue weighted by Gasteiger charge is 2.45. The third-order valence-corrected chi connectivity index (χ3v) is 6.38. The highest BCUT2D eigenvalue weighted by Crippen LogP contribution is 2.50. The molecule has 1 amide bonds. The Morgan fingerprint density at radius 3 is 2.35 bits per heavy atom. The van der Waals surface area contributed by atoms with Crippen LogP contribution in [0.2, 0.25) is 0 Å². The van der Waals surface area contributed by atoms with E-state index < -0.39 is 23.1 Å². The number of carbonyl (C=O) groups excluding carboxylic acids is 2. The van der Waals surface area contributed by atoms with Crippen molar-refractivity contribution >= 4 is 17.4 Å². The Bertz CT molecular complexity index is 1180. The predicted octanol–water partition coefficient (Wildman–Crippen LogP) is 5.89. The fourth-order valence-electron chi connectivity index (χ4n) is 4.99. The van der Waals surface area contributed by atoms with E-state index in [1.165, 1.54) is 31.3 Å². The van der Waals surface area contributed by atoms with E-state index in [1.54, 1.807) is 18.2 Å². The fraction of sp³-hybridized carbons (Fsp3) is 0.385. The molecule has 8 heteroatoms. The molecule has 4 rings (SSSR count). The van der Waals surface area contributed by atoms with E-state index in [1.807, 2.05) is 13.8 Å². The first-order chi connectivity index (χ1) is 16.0. The molecule has 5 nitrogen and oxygen atoms in total. The van der Waals surface area contributed by atoms with Crippen molar-refractivity contribution in [1.29, 1.82) is 0 Å². The molecule has 2 aromatic carbocycles. The predicted molar refractivity (Wildman–Crippen MR) is 121 cm³/mol. The van der Waals surface area contributed by atoms with Crippen molar-refractivity contribution in [3.8, 4) is 11.5 Å². The van der Waals surface area contributed by atoms with Gasteiger partial charge in [-0.3, -0.25) is 14.5 Å². The molecule has 0 bridgehead atoms. The van der Waals surface area contributed by atoms with Crippen molar-refractivity contribution in [3.05, 3.63) is 64.9 Å². The molecule has 34 heavy (non-hydrogen) atoms. The van der Waals surface area contributed by atoms with Crippen molar-refractivity contribution in [2.75, 3.05) is 19.1 Å². The molecular formula is C26H26F3NO4. The minimum Gasteiger partial charge on any atom is -0.493 e. The molecule has 0 radical (unpaired) electrons. The quantitative estimate of drug-likeness (QED) is 0.556. The number of hydrogen-bond donors (Lipinski definition) is 0. The van der Waals surface area contributed by atoms with Crippen LogP contribution in [0.25, 0.3) is 0 Å². The van der Waals surface area contributed by atoms with Gasteiger partial charge in [-0.25, -0.2) is 0 Å². The summed E-state index contributed by atoms with van der Waals surface area (Å²) in [6.45, 7) is 3.83. The number of nitrogens with zero attached hydrogens (tertiary/aromatic N) is 1. The molecule has 2 aliphatic rings. The van der Waals surface area contributed by atoms with Crippen LogP contribution in [0.5, 0.6) is 11.5 Å². The number of benzene rings is 2. The molecule has 1 heterocycles. The van der Waals surface area contributed by atoms with Gasteiger partial charge in [-0.1, -0.05) is 32.0 Å². The van der Waals surface area contributed by atoms with Crippen LogP contribution in [-0.2, 0) is 15.8 Å². The first-order valence-corrected chi connectivity index (χ1v) is 10.9. The van der Waals surface area contributed by atoms with Crippen molar-refractivity contribution in [3.63, 3.8) is 0 Å². The molecule has 0 spiro atoms. The molecule has 1 unspecified atom stereocenters. The van der Waals surface area contributed by atoms with Crippen LogP contribution in [0.4, 0.5) is 18.9 Å². The monoisotopic (exact) mass is 473 g/mol. The van der Waals surface area contributed by atoms with Gasteiger partial charge in [0.2, 0.25) is 5.91 Å². The number of ether oxygens (including phenoxy) is 2. The largest absolute Gasteiger partial charge is 0.493 e. The summed E-state index contributed by atoms with van der Waals surface area (Å²) in [5, 5.41) is 0. The van der Waals surface area contributed by atoms with Crippen molar-refractivity contribution in [2.24, 2.45) is 5.41 Å². The first-order valence-electron chi connectivity index (χ1n) is 10.9. The minimum atomic E-state index is -4.55. The lowest BCUT2D eigenvalue weighted by Crippen LogP contribution is -2.43. The minimum absolute atomic E-state index is 0.0786. The molecule has 0 saturated carbocycles. The molecular weight excluding hydrogens is 447 g/mol. The summed E-state index contributed by atoms with van der Waals surface area (Å²) >= 11 is 0. The van der Waals surface area contributed by atoms with E-state index in [2.05, 4.69) is 0 Å². The number of amides is 1. The van der Waals surface area contributed by atoms with Crippen LogP contribution >= 0.6 is 0 Å². The Balaban J connectivity index is 1.93. The second-order valence-electron chi connectivity index (χ2n) is 9.42. The highest BCUT2D eigenvalue weighted by atomic mass is 19.4. The average molecular weight is 473 g/mol. The van der Waals surface area contributed by atoms with Crippen molar-refractivity contribution in [2.45, 2.75) is 45.2 Å². The summed E-state index contributed by atoms with van der Waals surface area (Å²) in [5.74, 6) is -0.180. The molecule has 1 aliphatic carbocycles. The topological polar surface area (TPSA) is 55.8 Å². The maximum Gasteiger partial charge on any atom is 0.416 e. The number of rotatable bonds is 4. The Hall–Kier alpha value is -3.29. The number of anilines is 1. The van der Waals surface area contributed by atoms with E-state index >= 15 is 0 Å². The SMILES string of the molecule is COc1cccc(C2CC(=O)N(c3cccc(C(F)(F)F)c3)C3=C2C(=O)CC(C)(C)C3)c1OC. The molecule has 1 atom stereocenters. The summed E-state index contributed by atoms with van der Waals surface area (Å²) in [5.41, 5.74) is 0.344. The summed E-state index contributed by atoms with van der Waals surface area (Å²) in [7, 11) is 2.99. The normalized spacial score (nSPS) is 20.3. The number of alkyl halides is 3. The zero-order valence-corrected chi connectivity index (χ0v) is 19.5. The van der Waals surface area contributed by atoms with E-state index in [0.29, 0.717) is 34.8 Å². The number of carbonyl (C=O) groups is 2. The summed E-state index contributed by atoms with van der Waals surface area (Å²) in [4.78, 5) is 28.2. The van der Waals surface area contributed by atoms with Crippen LogP contribution in [0.1, 0.15) is 50.2 Å². The van der Waals surface area contributed by atoms with Gasteiger partial charge in [-0.2, -0.15) is 13.2 Å². The second kappa shape index (κ2) is 8.49. The average Bonchev–Trinajstić information content (AvgIpc) is 2.76. The number of methoxy groups -OCH3 is 2. The van der Waals surface area contributed by atoms with Gasteiger partial charge >= 0.3 is 6.18 Å². The van der Waals surface area contributed by atoms with Gasteiger partial charge in [0.25, 0.3) is 0 Å². The van der Waals surface area contributed by atoms with Gasteiger partial charge in [0.1, 0.15) is 0 Å². The molecule has 2 aromatic rings. The number of ketones is 1. The number of hydrogen-bond acceptors (Lipinski definition) is 4. The molecule has 0 fully saturated rings. The Kier molecular flexibility index (Phi) is 5.96. The van der Waals surface area contributed by atoms with E-state index in [-0.39, 0.29) is 30.2 Å². The molecule has 180 valence electrons. The van der Waals surface area contributed by atoms with Crippen LogP contribution in [0.3, 0.4) is 0 Å². The third-order valence-electron chi connectivity index (χ3n) is 6.38. The van der Waals surface area contributed by atoms with E-state index in [0.717, 1.165) is 12.1 Å². The lowest BCUT2D eigenvalue weighted by molar-refractivity contribution is -0.137. The Morgan fingerprint density at radius 1 is 1.00 bits per heavy atom. The maximum absolute atomic E-state index is 13.5. The second-order valence-corrected chi connectivity index (χ2v) is 9.42.